The smallest absolute Gasteiger partial charge is 0.142 e. The van der Waals surface area contributed by atoms with Gasteiger partial charge in [-0.25, -0.2) is 4.98 Å². The minimum atomic E-state index is 0.269. The normalized spacial score (nSPS) is 11.1. The van der Waals surface area contributed by atoms with E-state index in [0.29, 0.717) is 0 Å². The highest BCUT2D eigenvalue weighted by Gasteiger charge is 2.09. The molecule has 1 heterocycles. The minimum absolute atomic E-state index is 0.269. The van der Waals surface area contributed by atoms with E-state index in [1.165, 1.54) is 11.1 Å². The SMILES string of the molecule is Cc1ccc(-c2cc(O)c3c(c2)ncn3C)cc1C. The number of phenols is 1. The average molecular weight is 252 g/mol. The first-order valence-electron chi connectivity index (χ1n) is 6.28. The Morgan fingerprint density at radius 2 is 1.79 bits per heavy atom. The Morgan fingerprint density at radius 3 is 2.53 bits per heavy atom. The standard InChI is InChI=1S/C16H16N2O/c1-10-4-5-12(6-11(10)2)13-7-14-16(15(19)8-13)18(3)9-17-14/h4-9,19H,1-3H3. The Labute approximate surface area is 112 Å². The van der Waals surface area contributed by atoms with Crippen LogP contribution in [-0.2, 0) is 7.05 Å². The van der Waals surface area contributed by atoms with E-state index in [1.807, 2.05) is 17.7 Å². The van der Waals surface area contributed by atoms with E-state index < -0.39 is 0 Å². The summed E-state index contributed by atoms with van der Waals surface area (Å²) < 4.78 is 1.83. The van der Waals surface area contributed by atoms with Gasteiger partial charge >= 0.3 is 0 Å². The molecule has 0 saturated heterocycles. The van der Waals surface area contributed by atoms with Crippen LogP contribution >= 0.6 is 0 Å². The van der Waals surface area contributed by atoms with Crippen LogP contribution in [0.15, 0.2) is 36.7 Å². The van der Waals surface area contributed by atoms with Crippen molar-refractivity contribution < 1.29 is 5.11 Å². The van der Waals surface area contributed by atoms with Gasteiger partial charge in [-0.2, -0.15) is 0 Å². The molecular weight excluding hydrogens is 236 g/mol. The third-order valence-electron chi connectivity index (χ3n) is 3.63. The van der Waals surface area contributed by atoms with Crippen molar-refractivity contribution in [3.05, 3.63) is 47.8 Å². The van der Waals surface area contributed by atoms with Crippen LogP contribution in [0.4, 0.5) is 0 Å². The minimum Gasteiger partial charge on any atom is -0.506 e. The zero-order valence-corrected chi connectivity index (χ0v) is 11.3. The molecule has 0 fully saturated rings. The van der Waals surface area contributed by atoms with Crippen LogP contribution in [0.1, 0.15) is 11.1 Å². The Morgan fingerprint density at radius 1 is 1.00 bits per heavy atom. The summed E-state index contributed by atoms with van der Waals surface area (Å²) in [6, 6.07) is 10.1. The molecule has 0 unspecified atom stereocenters. The fourth-order valence-electron chi connectivity index (χ4n) is 2.36. The van der Waals surface area contributed by atoms with Gasteiger partial charge < -0.3 is 9.67 Å². The number of benzene rings is 2. The number of imidazole rings is 1. The maximum Gasteiger partial charge on any atom is 0.142 e. The van der Waals surface area contributed by atoms with E-state index in [0.717, 1.165) is 22.2 Å². The van der Waals surface area contributed by atoms with Gasteiger partial charge in [0.15, 0.2) is 0 Å². The summed E-state index contributed by atoms with van der Waals surface area (Å²) in [5.41, 5.74) is 6.20. The Bertz CT molecular complexity index is 772. The van der Waals surface area contributed by atoms with Crippen LogP contribution in [0.2, 0.25) is 0 Å². The number of nitrogens with zero attached hydrogens (tertiary/aromatic N) is 2. The molecule has 3 heteroatoms. The van der Waals surface area contributed by atoms with Crippen molar-refractivity contribution in [1.29, 1.82) is 0 Å². The fourth-order valence-corrected chi connectivity index (χ4v) is 2.36. The molecule has 3 aromatic rings. The lowest BCUT2D eigenvalue weighted by atomic mass is 10.00. The highest BCUT2D eigenvalue weighted by molar-refractivity contribution is 5.87. The maximum atomic E-state index is 10.1. The van der Waals surface area contributed by atoms with Crippen molar-refractivity contribution >= 4 is 11.0 Å². The average Bonchev–Trinajstić information content (AvgIpc) is 2.75. The van der Waals surface area contributed by atoms with Gasteiger partial charge in [-0.3, -0.25) is 0 Å². The van der Waals surface area contributed by atoms with Crippen LogP contribution < -0.4 is 0 Å². The number of hydrogen-bond acceptors (Lipinski definition) is 2. The van der Waals surface area contributed by atoms with Crippen molar-refractivity contribution in [3.63, 3.8) is 0 Å². The molecular formula is C16H16N2O. The summed E-state index contributed by atoms with van der Waals surface area (Å²) in [4.78, 5) is 4.31. The topological polar surface area (TPSA) is 38.1 Å². The lowest BCUT2D eigenvalue weighted by Gasteiger charge is -2.07. The van der Waals surface area contributed by atoms with Gasteiger partial charge in [0.2, 0.25) is 0 Å². The van der Waals surface area contributed by atoms with Gasteiger partial charge in [0.1, 0.15) is 11.3 Å². The molecule has 0 radical (unpaired) electrons. The van der Waals surface area contributed by atoms with E-state index >= 15 is 0 Å². The predicted octanol–water partition coefficient (Wildman–Crippen LogP) is 3.56. The second-order valence-electron chi connectivity index (χ2n) is 5.02. The number of fused-ring (bicyclic) bond motifs is 1. The quantitative estimate of drug-likeness (QED) is 0.719. The monoisotopic (exact) mass is 252 g/mol. The van der Waals surface area contributed by atoms with Gasteiger partial charge in [0.05, 0.1) is 11.8 Å². The fraction of sp³-hybridized carbons (Fsp3) is 0.188. The van der Waals surface area contributed by atoms with Crippen molar-refractivity contribution in [2.45, 2.75) is 13.8 Å². The van der Waals surface area contributed by atoms with Gasteiger partial charge in [0.25, 0.3) is 0 Å². The first kappa shape index (κ1) is 11.8. The Balaban J connectivity index is 2.22. The second-order valence-corrected chi connectivity index (χ2v) is 5.02. The summed E-state index contributed by atoms with van der Waals surface area (Å²) >= 11 is 0. The summed E-state index contributed by atoms with van der Waals surface area (Å²) in [5.74, 6) is 0.269. The van der Waals surface area contributed by atoms with Gasteiger partial charge in [0, 0.05) is 7.05 Å². The molecule has 19 heavy (non-hydrogen) atoms. The third kappa shape index (κ3) is 1.87. The van der Waals surface area contributed by atoms with Crippen LogP contribution in [0, 0.1) is 13.8 Å². The molecule has 0 aliphatic heterocycles. The Hall–Kier alpha value is -2.29. The molecule has 0 saturated carbocycles. The number of phenolic OH excluding ortho intramolecular Hbond substituents is 1. The highest BCUT2D eigenvalue weighted by atomic mass is 16.3. The summed E-state index contributed by atoms with van der Waals surface area (Å²) in [6.45, 7) is 4.19. The van der Waals surface area contributed by atoms with E-state index in [1.54, 1.807) is 12.4 Å². The number of hydrogen-bond donors (Lipinski definition) is 1. The summed E-state index contributed by atoms with van der Waals surface area (Å²) in [7, 11) is 1.88. The lowest BCUT2D eigenvalue weighted by molar-refractivity contribution is 0.479. The number of rotatable bonds is 1. The molecule has 1 N–H and O–H groups in total. The third-order valence-corrected chi connectivity index (χ3v) is 3.63. The zero-order chi connectivity index (χ0) is 13.6. The largest absolute Gasteiger partial charge is 0.506 e. The van der Waals surface area contributed by atoms with Crippen molar-refractivity contribution in [2.75, 3.05) is 0 Å². The first-order valence-corrected chi connectivity index (χ1v) is 6.28. The Kier molecular flexibility index (Phi) is 2.56. The lowest BCUT2D eigenvalue weighted by Crippen LogP contribution is -1.87. The molecule has 1 aromatic heterocycles. The second kappa shape index (κ2) is 4.12. The van der Waals surface area contributed by atoms with Crippen LogP contribution in [0.25, 0.3) is 22.2 Å². The molecule has 96 valence electrons. The van der Waals surface area contributed by atoms with E-state index in [2.05, 4.69) is 37.0 Å². The molecule has 2 aromatic carbocycles. The summed E-state index contributed by atoms with van der Waals surface area (Å²) in [5, 5.41) is 10.1. The molecule has 0 amide bonds. The van der Waals surface area contributed by atoms with Crippen LogP contribution in [0.5, 0.6) is 5.75 Å². The number of aromatic hydroxyl groups is 1. The van der Waals surface area contributed by atoms with Crippen molar-refractivity contribution in [2.24, 2.45) is 7.05 Å². The molecule has 0 atom stereocenters. The van der Waals surface area contributed by atoms with E-state index in [9.17, 15) is 5.11 Å². The number of aromatic nitrogens is 2. The van der Waals surface area contributed by atoms with Gasteiger partial charge in [-0.05, 0) is 48.2 Å². The van der Waals surface area contributed by atoms with E-state index in [4.69, 9.17) is 0 Å². The predicted molar refractivity (Wildman–Crippen MR) is 77.3 cm³/mol. The van der Waals surface area contributed by atoms with Gasteiger partial charge in [-0.1, -0.05) is 18.2 Å². The van der Waals surface area contributed by atoms with Crippen LogP contribution in [-0.4, -0.2) is 14.7 Å². The molecule has 3 rings (SSSR count). The molecule has 3 nitrogen and oxygen atoms in total. The zero-order valence-electron chi connectivity index (χ0n) is 11.3. The van der Waals surface area contributed by atoms with Crippen LogP contribution in [0.3, 0.4) is 0 Å². The number of aryl methyl sites for hydroxylation is 3. The van der Waals surface area contributed by atoms with Gasteiger partial charge in [-0.15, -0.1) is 0 Å². The molecule has 0 aliphatic carbocycles. The first-order chi connectivity index (χ1) is 9.06. The molecule has 0 aliphatic rings. The van der Waals surface area contributed by atoms with Crippen molar-refractivity contribution in [1.82, 2.24) is 9.55 Å². The highest BCUT2D eigenvalue weighted by Crippen LogP contribution is 2.31. The summed E-state index contributed by atoms with van der Waals surface area (Å²) in [6.07, 6.45) is 1.72. The molecule has 0 bridgehead atoms. The maximum absolute atomic E-state index is 10.1. The van der Waals surface area contributed by atoms with Crippen molar-refractivity contribution in [3.8, 4) is 16.9 Å². The molecule has 0 spiro atoms. The van der Waals surface area contributed by atoms with E-state index in [-0.39, 0.29) is 5.75 Å².